The van der Waals surface area contributed by atoms with Gasteiger partial charge in [0, 0.05) is 0 Å². The molecule has 0 N–H and O–H groups in total. The Morgan fingerprint density at radius 3 is 2.11 bits per heavy atom. The Kier molecular flexibility index (Phi) is 2.25. The van der Waals surface area contributed by atoms with E-state index >= 15 is 0 Å². The van der Waals surface area contributed by atoms with Gasteiger partial charge in [0.25, 0.3) is 0 Å². The van der Waals surface area contributed by atoms with E-state index in [9.17, 15) is 0 Å². The molecule has 0 heterocycles. The van der Waals surface area contributed by atoms with Crippen LogP contribution in [0.25, 0.3) is 0 Å². The van der Waals surface area contributed by atoms with E-state index in [1.165, 1.54) is 5.19 Å². The van der Waals surface area contributed by atoms with Crippen molar-refractivity contribution in [1.29, 1.82) is 0 Å². The maximum atomic E-state index is 5.15. The number of benzene rings is 1. The van der Waals surface area contributed by atoms with E-state index in [4.69, 9.17) is 11.6 Å². The van der Waals surface area contributed by atoms with Crippen molar-refractivity contribution in [3.8, 4) is 0 Å². The molecule has 0 aliphatic rings. The highest BCUT2D eigenvalue weighted by Crippen LogP contribution is 1.83. The highest BCUT2D eigenvalue weighted by Gasteiger charge is 1.90. The molecule has 2 heteroatoms. The van der Waals surface area contributed by atoms with E-state index in [-0.39, 0.29) is 0 Å². The molecule has 0 amide bonds. The largest absolute Gasteiger partial charge is 0.134 e. The smallest absolute Gasteiger partial charge is 0.125 e. The maximum absolute atomic E-state index is 5.15. The van der Waals surface area contributed by atoms with E-state index in [2.05, 4.69) is 18.7 Å². The molecule has 9 heavy (non-hydrogen) atoms. The summed E-state index contributed by atoms with van der Waals surface area (Å²) in [5.41, 5.74) is 0. The van der Waals surface area contributed by atoms with Crippen LogP contribution in [0.2, 0.25) is 6.55 Å². The van der Waals surface area contributed by atoms with Crippen LogP contribution in [0.1, 0.15) is 0 Å². The third-order valence-corrected chi connectivity index (χ3v) is 3.03. The molecule has 0 radical (unpaired) electrons. The van der Waals surface area contributed by atoms with E-state index in [0.717, 1.165) is 0 Å². The highest BCUT2D eigenvalue weighted by molar-refractivity contribution is 7.89. The van der Waals surface area contributed by atoms with Gasteiger partial charge >= 0.3 is 0 Å². The summed E-state index contributed by atoms with van der Waals surface area (Å²) in [6, 6.07) is 10.3. The van der Waals surface area contributed by atoms with Crippen LogP contribution in [-0.2, 0) is 0 Å². The summed E-state index contributed by atoms with van der Waals surface area (Å²) in [5.74, 6) is 0. The summed E-state index contributed by atoms with van der Waals surface area (Å²) in [6.07, 6.45) is 0. The Morgan fingerprint density at radius 2 is 1.78 bits per heavy atom. The summed E-state index contributed by atoms with van der Waals surface area (Å²) in [4.78, 5) is 0. The van der Waals surface area contributed by atoms with Crippen molar-refractivity contribution in [3.63, 3.8) is 0 Å². The van der Waals surface area contributed by atoms with Crippen molar-refractivity contribution >= 4 is 24.3 Å². The second-order valence-electron chi connectivity index (χ2n) is 1.92. The SMILES string of the molecule is C[Si](=S)c1ccccc1. The van der Waals surface area contributed by atoms with Crippen LogP contribution in [0, 0.1) is 0 Å². The lowest BCUT2D eigenvalue weighted by Gasteiger charge is -1.91. The molecule has 1 aromatic carbocycles. The van der Waals surface area contributed by atoms with Gasteiger partial charge in [0.2, 0.25) is 0 Å². The lowest BCUT2D eigenvalue weighted by molar-refractivity contribution is 1.76. The molecule has 1 aromatic rings. The normalized spacial score (nSPS) is 9.00. The monoisotopic (exact) mass is 152 g/mol. The molecular weight excluding hydrogens is 144 g/mol. The predicted octanol–water partition coefficient (Wildman–Crippen LogP) is 1.71. The van der Waals surface area contributed by atoms with E-state index in [1.54, 1.807) is 0 Å². The zero-order valence-corrected chi connectivity index (χ0v) is 7.11. The van der Waals surface area contributed by atoms with Crippen LogP contribution in [0.5, 0.6) is 0 Å². The molecule has 0 saturated heterocycles. The summed E-state index contributed by atoms with van der Waals surface area (Å²) >= 11 is 5.15. The van der Waals surface area contributed by atoms with Gasteiger partial charge in [-0.2, -0.15) is 0 Å². The number of hydrogen-bond acceptors (Lipinski definition) is 1. The van der Waals surface area contributed by atoms with Gasteiger partial charge < -0.3 is 0 Å². The molecule has 0 unspecified atom stereocenters. The number of rotatable bonds is 1. The fourth-order valence-electron chi connectivity index (χ4n) is 0.673. The van der Waals surface area contributed by atoms with Crippen molar-refractivity contribution < 1.29 is 0 Å². The maximum Gasteiger partial charge on any atom is 0.125 e. The molecule has 0 saturated carbocycles. The minimum Gasteiger partial charge on any atom is -0.134 e. The van der Waals surface area contributed by atoms with Crippen LogP contribution in [-0.4, -0.2) is 7.50 Å². The lowest BCUT2D eigenvalue weighted by Crippen LogP contribution is -2.13. The number of hydrogen-bond donors (Lipinski definition) is 0. The average Bonchev–Trinajstić information content (AvgIpc) is 1.90. The lowest BCUT2D eigenvalue weighted by atomic mass is 10.4. The highest BCUT2D eigenvalue weighted by atomic mass is 32.2. The molecule has 0 bridgehead atoms. The molecule has 0 fully saturated rings. The van der Waals surface area contributed by atoms with Crippen molar-refractivity contribution in [3.05, 3.63) is 30.3 Å². The molecule has 0 aromatic heterocycles. The fraction of sp³-hybridized carbons (Fsp3) is 0.143. The van der Waals surface area contributed by atoms with Gasteiger partial charge in [-0.05, 0) is 11.7 Å². The molecule has 1 rings (SSSR count). The standard InChI is InChI=1S/C7H8SSi/c1-9(8)7-5-3-2-4-6-7/h2-6H,1H3. The molecule has 0 atom stereocenters. The van der Waals surface area contributed by atoms with Crippen LogP contribution >= 0.6 is 11.6 Å². The molecular formula is C7H8SSi. The Balaban J connectivity index is 2.98. The first kappa shape index (κ1) is 6.77. The molecule has 0 nitrogen and oxygen atoms in total. The van der Waals surface area contributed by atoms with Gasteiger partial charge in [-0.25, -0.2) is 0 Å². The van der Waals surface area contributed by atoms with Gasteiger partial charge in [-0.1, -0.05) is 30.3 Å². The third-order valence-electron chi connectivity index (χ3n) is 1.18. The summed E-state index contributed by atoms with van der Waals surface area (Å²) in [5, 5.41) is 1.33. The third kappa shape index (κ3) is 1.80. The van der Waals surface area contributed by atoms with Crippen LogP contribution in [0.4, 0.5) is 0 Å². The van der Waals surface area contributed by atoms with Gasteiger partial charge in [0.1, 0.15) is 7.50 Å². The zero-order chi connectivity index (χ0) is 6.69. The van der Waals surface area contributed by atoms with E-state index in [1.807, 2.05) is 18.2 Å². The second-order valence-corrected chi connectivity index (χ2v) is 5.45. The van der Waals surface area contributed by atoms with Crippen molar-refractivity contribution in [2.75, 3.05) is 0 Å². The van der Waals surface area contributed by atoms with Crippen molar-refractivity contribution in [2.24, 2.45) is 0 Å². The van der Waals surface area contributed by atoms with Gasteiger partial charge in [-0.3, -0.25) is 0 Å². The van der Waals surface area contributed by atoms with Crippen LogP contribution in [0.3, 0.4) is 0 Å². The van der Waals surface area contributed by atoms with Crippen LogP contribution in [0.15, 0.2) is 30.3 Å². The molecule has 46 valence electrons. The zero-order valence-electron chi connectivity index (χ0n) is 5.29. The summed E-state index contributed by atoms with van der Waals surface area (Å²) < 4.78 is 0. The van der Waals surface area contributed by atoms with Crippen LogP contribution < -0.4 is 5.19 Å². The second kappa shape index (κ2) is 2.99. The molecule has 0 aliphatic heterocycles. The van der Waals surface area contributed by atoms with Gasteiger partial charge in [0.05, 0.1) is 0 Å². The molecule has 0 spiro atoms. The molecule has 0 aliphatic carbocycles. The fourth-order valence-corrected chi connectivity index (χ4v) is 1.74. The first-order valence-corrected chi connectivity index (χ1v) is 6.00. The average molecular weight is 152 g/mol. The minimum absolute atomic E-state index is 0.629. The Morgan fingerprint density at radius 1 is 1.22 bits per heavy atom. The summed E-state index contributed by atoms with van der Waals surface area (Å²) in [7, 11) is -0.629. The Labute approximate surface area is 61.7 Å². The topological polar surface area (TPSA) is 0 Å². The van der Waals surface area contributed by atoms with Crippen molar-refractivity contribution in [1.82, 2.24) is 0 Å². The predicted molar refractivity (Wildman–Crippen MR) is 45.3 cm³/mol. The first-order valence-electron chi connectivity index (χ1n) is 2.86. The Bertz CT molecular complexity index is 205. The van der Waals surface area contributed by atoms with Gasteiger partial charge in [0.15, 0.2) is 0 Å². The van der Waals surface area contributed by atoms with E-state index < -0.39 is 7.50 Å². The van der Waals surface area contributed by atoms with E-state index in [0.29, 0.717) is 0 Å². The first-order chi connectivity index (χ1) is 4.30. The minimum atomic E-state index is -0.629. The quantitative estimate of drug-likeness (QED) is 0.552. The summed E-state index contributed by atoms with van der Waals surface area (Å²) in [6.45, 7) is 2.12. The van der Waals surface area contributed by atoms with Gasteiger partial charge in [-0.15, -0.1) is 11.6 Å². The van der Waals surface area contributed by atoms with Crippen molar-refractivity contribution in [2.45, 2.75) is 6.55 Å². The Hall–Kier alpha value is -0.343.